The van der Waals surface area contributed by atoms with Gasteiger partial charge >= 0.3 is 23.9 Å². The molecular weight excluding hydrogens is 640 g/mol. The molecule has 0 saturated carbocycles. The van der Waals surface area contributed by atoms with Crippen LogP contribution in [0.2, 0.25) is 0 Å². The van der Waals surface area contributed by atoms with Gasteiger partial charge in [-0.1, -0.05) is 104 Å². The van der Waals surface area contributed by atoms with Gasteiger partial charge in [0.2, 0.25) is 0 Å². The van der Waals surface area contributed by atoms with E-state index in [-0.39, 0.29) is 12.8 Å². The number of aliphatic hydroxyl groups is 3. The zero-order valence-corrected chi connectivity index (χ0v) is 30.3. The lowest BCUT2D eigenvalue weighted by molar-refractivity contribution is -0.312. The molecule has 13 nitrogen and oxygen atoms in total. The summed E-state index contributed by atoms with van der Waals surface area (Å²) in [4.78, 5) is 50.0. The van der Waals surface area contributed by atoms with Gasteiger partial charge in [-0.2, -0.15) is 0 Å². The molecular formula is C36H64O13. The highest BCUT2D eigenvalue weighted by Crippen LogP contribution is 2.31. The lowest BCUT2D eigenvalue weighted by Gasteiger charge is -2.44. The molecule has 3 N–H and O–H groups in total. The molecule has 13 heteroatoms. The number of ether oxygens (including phenoxy) is 6. The summed E-state index contributed by atoms with van der Waals surface area (Å²) in [5.41, 5.74) is 0. The molecule has 0 aromatic heterocycles. The molecule has 0 amide bonds. The quantitative estimate of drug-likeness (QED) is 0.0573. The van der Waals surface area contributed by atoms with Gasteiger partial charge in [0.1, 0.15) is 24.9 Å². The van der Waals surface area contributed by atoms with Crippen LogP contribution in [0.3, 0.4) is 0 Å². The molecule has 1 saturated heterocycles. The standard InChI is InChI=1S/C36H64O13/c1-5-7-9-10-11-12-13-14-15-16-17-18-20-22-31(42)48-34-33(46-27(4)39)30(25-44-26(3)38)47-36(45-24-29(41)28(40)23-37)35(34)49-32(43)21-19-8-6-2/h28-30,33-37,40-41H,5-25H2,1-4H3/t28-,29+,30+,33+,34-,35-,36+/m0/s1. The molecule has 1 aliphatic rings. The van der Waals surface area contributed by atoms with Gasteiger partial charge in [0.15, 0.2) is 24.6 Å². The van der Waals surface area contributed by atoms with Gasteiger partial charge < -0.3 is 43.7 Å². The molecule has 0 aromatic carbocycles. The van der Waals surface area contributed by atoms with E-state index in [9.17, 15) is 34.5 Å². The third kappa shape index (κ3) is 20.2. The Kier molecular flexibility index (Phi) is 25.0. The monoisotopic (exact) mass is 704 g/mol. The van der Waals surface area contributed by atoms with Gasteiger partial charge in [0.25, 0.3) is 0 Å². The average Bonchev–Trinajstić information content (AvgIpc) is 3.06. The summed E-state index contributed by atoms with van der Waals surface area (Å²) in [5, 5.41) is 29.2. The molecule has 0 bridgehead atoms. The largest absolute Gasteiger partial charge is 0.463 e. The SMILES string of the molecule is CCCCCCCCCCCCCCCC(=O)O[C@@H]1[C@H](OC(=O)CCCCC)[C@H](OC[C@@H](O)[C@@H](O)CO)O[C@H](COC(C)=O)[C@H]1OC(C)=O. The van der Waals surface area contributed by atoms with Crippen molar-refractivity contribution in [1.82, 2.24) is 0 Å². The molecule has 1 heterocycles. The lowest BCUT2D eigenvalue weighted by atomic mass is 9.97. The predicted molar refractivity (Wildman–Crippen MR) is 180 cm³/mol. The second kappa shape index (κ2) is 27.4. The normalized spacial score (nSPS) is 21.8. The van der Waals surface area contributed by atoms with E-state index in [1.807, 2.05) is 6.92 Å². The number of aliphatic hydroxyl groups excluding tert-OH is 3. The minimum absolute atomic E-state index is 0.0532. The van der Waals surface area contributed by atoms with E-state index in [0.717, 1.165) is 45.4 Å². The van der Waals surface area contributed by atoms with Crippen LogP contribution in [0.4, 0.5) is 0 Å². The highest BCUT2D eigenvalue weighted by Gasteiger charge is 2.53. The summed E-state index contributed by atoms with van der Waals surface area (Å²) >= 11 is 0. The fourth-order valence-corrected chi connectivity index (χ4v) is 5.59. The molecule has 0 spiro atoms. The van der Waals surface area contributed by atoms with Gasteiger partial charge in [-0.15, -0.1) is 0 Å². The average molecular weight is 705 g/mol. The van der Waals surface area contributed by atoms with E-state index < -0.39 is 86.6 Å². The van der Waals surface area contributed by atoms with E-state index >= 15 is 0 Å². The van der Waals surface area contributed by atoms with Crippen molar-refractivity contribution < 1.29 is 62.9 Å². The molecule has 1 aliphatic heterocycles. The third-order valence-electron chi connectivity index (χ3n) is 8.41. The number of unbranched alkanes of at least 4 members (excludes halogenated alkanes) is 14. The van der Waals surface area contributed by atoms with Crippen LogP contribution in [0.5, 0.6) is 0 Å². The number of carbonyl (C=O) groups is 4. The van der Waals surface area contributed by atoms with Gasteiger partial charge in [-0.25, -0.2) is 0 Å². The van der Waals surface area contributed by atoms with Crippen LogP contribution >= 0.6 is 0 Å². The van der Waals surface area contributed by atoms with Crippen molar-refractivity contribution in [2.24, 2.45) is 0 Å². The summed E-state index contributed by atoms with van der Waals surface area (Å²) < 4.78 is 33.9. The van der Waals surface area contributed by atoms with Crippen molar-refractivity contribution in [2.75, 3.05) is 19.8 Å². The maximum absolute atomic E-state index is 13.2. The Morgan fingerprint density at radius 1 is 0.612 bits per heavy atom. The molecule has 1 rings (SSSR count). The highest BCUT2D eigenvalue weighted by molar-refractivity contribution is 5.71. The van der Waals surface area contributed by atoms with Crippen LogP contribution in [0.1, 0.15) is 143 Å². The van der Waals surface area contributed by atoms with Crippen LogP contribution in [0.15, 0.2) is 0 Å². The van der Waals surface area contributed by atoms with Gasteiger partial charge in [-0.05, 0) is 12.8 Å². The zero-order valence-electron chi connectivity index (χ0n) is 30.3. The van der Waals surface area contributed by atoms with E-state index in [2.05, 4.69) is 6.92 Å². The van der Waals surface area contributed by atoms with Crippen molar-refractivity contribution in [1.29, 1.82) is 0 Å². The maximum atomic E-state index is 13.2. The van der Waals surface area contributed by atoms with Crippen LogP contribution in [-0.2, 0) is 47.6 Å². The Balaban J connectivity index is 2.97. The van der Waals surface area contributed by atoms with Crippen molar-refractivity contribution in [3.8, 4) is 0 Å². The van der Waals surface area contributed by atoms with Crippen LogP contribution in [-0.4, -0.2) is 102 Å². The minimum atomic E-state index is -1.54. The zero-order chi connectivity index (χ0) is 36.4. The third-order valence-corrected chi connectivity index (χ3v) is 8.41. The second-order valence-corrected chi connectivity index (χ2v) is 12.9. The van der Waals surface area contributed by atoms with E-state index in [1.54, 1.807) is 0 Å². The number of rotatable bonds is 28. The molecule has 0 unspecified atom stereocenters. The lowest BCUT2D eigenvalue weighted by Crippen LogP contribution is -2.63. The van der Waals surface area contributed by atoms with E-state index in [0.29, 0.717) is 12.8 Å². The molecule has 0 aromatic rings. The molecule has 0 aliphatic carbocycles. The Morgan fingerprint density at radius 2 is 1.08 bits per heavy atom. The van der Waals surface area contributed by atoms with Gasteiger partial charge in [0.05, 0.1) is 13.2 Å². The van der Waals surface area contributed by atoms with Crippen molar-refractivity contribution in [3.05, 3.63) is 0 Å². The Bertz CT molecular complexity index is 913. The summed E-state index contributed by atoms with van der Waals surface area (Å²) in [6.07, 6.45) is 7.25. The second-order valence-electron chi connectivity index (χ2n) is 12.9. The maximum Gasteiger partial charge on any atom is 0.306 e. The minimum Gasteiger partial charge on any atom is -0.463 e. The first kappa shape index (κ1) is 44.7. The molecule has 1 fully saturated rings. The fraction of sp³-hybridized carbons (Fsp3) is 0.889. The highest BCUT2D eigenvalue weighted by atomic mass is 16.7. The van der Waals surface area contributed by atoms with Gasteiger partial charge in [-0.3, -0.25) is 19.2 Å². The molecule has 49 heavy (non-hydrogen) atoms. The Morgan fingerprint density at radius 3 is 1.57 bits per heavy atom. The summed E-state index contributed by atoms with van der Waals surface area (Å²) in [6, 6.07) is 0. The summed E-state index contributed by atoms with van der Waals surface area (Å²) in [7, 11) is 0. The van der Waals surface area contributed by atoms with E-state index in [1.165, 1.54) is 58.3 Å². The topological polar surface area (TPSA) is 184 Å². The van der Waals surface area contributed by atoms with Gasteiger partial charge in [0, 0.05) is 26.7 Å². The number of carbonyl (C=O) groups excluding carboxylic acids is 4. The Hall–Kier alpha value is -2.32. The molecule has 7 atom stereocenters. The first-order chi connectivity index (χ1) is 23.5. The summed E-state index contributed by atoms with van der Waals surface area (Å²) in [6.45, 7) is 4.81. The first-order valence-electron chi connectivity index (χ1n) is 18.5. The van der Waals surface area contributed by atoms with Crippen molar-refractivity contribution >= 4 is 23.9 Å². The van der Waals surface area contributed by atoms with Crippen molar-refractivity contribution in [2.45, 2.75) is 186 Å². The van der Waals surface area contributed by atoms with Crippen LogP contribution in [0, 0.1) is 0 Å². The molecule has 0 radical (unpaired) electrons. The van der Waals surface area contributed by atoms with E-state index in [4.69, 9.17) is 28.4 Å². The first-order valence-corrected chi connectivity index (χ1v) is 18.5. The predicted octanol–water partition coefficient (Wildman–Crippen LogP) is 4.82. The van der Waals surface area contributed by atoms with Crippen molar-refractivity contribution in [3.63, 3.8) is 0 Å². The Labute approximate surface area is 292 Å². The number of hydrogen-bond acceptors (Lipinski definition) is 13. The fourth-order valence-electron chi connectivity index (χ4n) is 5.59. The summed E-state index contributed by atoms with van der Waals surface area (Å²) in [5.74, 6) is -2.64. The smallest absolute Gasteiger partial charge is 0.306 e. The number of esters is 4. The van der Waals surface area contributed by atoms with Crippen LogP contribution in [0.25, 0.3) is 0 Å². The molecule has 286 valence electrons. The van der Waals surface area contributed by atoms with Crippen LogP contribution < -0.4 is 0 Å². The number of hydrogen-bond donors (Lipinski definition) is 3.